The van der Waals surface area contributed by atoms with Crippen molar-refractivity contribution in [1.29, 1.82) is 0 Å². The van der Waals surface area contributed by atoms with E-state index in [0.29, 0.717) is 5.56 Å². The van der Waals surface area contributed by atoms with Gasteiger partial charge in [0.2, 0.25) is 0 Å². The van der Waals surface area contributed by atoms with Gasteiger partial charge in [0.15, 0.2) is 0 Å². The number of benzene rings is 1. The fraction of sp³-hybridized carbons (Fsp3) is 0.222. The number of aryl methyl sites for hydroxylation is 2. The normalized spacial score (nSPS) is 8.33. The minimum Gasteiger partial charge on any atom is -0.358 e. The molecule has 0 unspecified atom stereocenters. The Morgan fingerprint density at radius 2 is 1.92 bits per heavy atom. The molecule has 0 fully saturated rings. The average molecular weight is 356 g/mol. The molecule has 0 heterocycles. The maximum atomic E-state index is 12.7. The summed E-state index contributed by atoms with van der Waals surface area (Å²) in [6.45, 7) is 3.51. The summed E-state index contributed by atoms with van der Waals surface area (Å²) in [4.78, 5) is 0. The fourth-order valence-electron chi connectivity index (χ4n) is 0.825. The fourth-order valence-corrected chi connectivity index (χ4v) is 1.12. The van der Waals surface area contributed by atoms with Gasteiger partial charge in [-0.1, -0.05) is 13.8 Å². The van der Waals surface area contributed by atoms with Gasteiger partial charge in [0, 0.05) is 5.82 Å². The summed E-state index contributed by atoms with van der Waals surface area (Å²) < 4.78 is 12.7. The van der Waals surface area contributed by atoms with Crippen LogP contribution in [-0.2, 0) is 21.1 Å². The van der Waals surface area contributed by atoms with E-state index < -0.39 is 0 Å². The van der Waals surface area contributed by atoms with Crippen molar-refractivity contribution in [2.24, 2.45) is 0 Å². The molecule has 66 valence electrons. The predicted octanol–water partition coefficient (Wildman–Crippen LogP) is 3.34. The minimum absolute atomic E-state index is 0. The second kappa shape index (κ2) is 5.72. The van der Waals surface area contributed by atoms with Gasteiger partial charge in [0.1, 0.15) is 0 Å². The molecule has 0 saturated carbocycles. The third-order valence-electron chi connectivity index (χ3n) is 1.28. The Bertz CT molecular complexity index is 238. The summed E-state index contributed by atoms with van der Waals surface area (Å²) in [5.74, 6) is -0.368. The van der Waals surface area contributed by atoms with Gasteiger partial charge >= 0.3 is 21.1 Å². The van der Waals surface area contributed by atoms with Crippen LogP contribution in [0.5, 0.6) is 0 Å². The maximum Gasteiger partial charge on any atom is 2.00 e. The van der Waals surface area contributed by atoms with Gasteiger partial charge in [-0.05, 0) is 5.02 Å². The molecule has 0 N–H and O–H groups in total. The van der Waals surface area contributed by atoms with Crippen molar-refractivity contribution >= 4 is 11.6 Å². The number of rotatable bonds is 0. The summed E-state index contributed by atoms with van der Waals surface area (Å²) in [7, 11) is 0. The average Bonchev–Trinajstić information content (AvgIpc) is 1.82. The van der Waals surface area contributed by atoms with Gasteiger partial charge < -0.3 is 7.43 Å². The first kappa shape index (κ1) is 14.6. The van der Waals surface area contributed by atoms with E-state index in [-0.39, 0.29) is 39.3 Å². The van der Waals surface area contributed by atoms with Crippen molar-refractivity contribution in [1.82, 2.24) is 0 Å². The summed E-state index contributed by atoms with van der Waals surface area (Å²) in [5.41, 5.74) is 1.44. The monoisotopic (exact) mass is 356 g/mol. The molecule has 0 atom stereocenters. The largest absolute Gasteiger partial charge is 2.00 e. The number of hydrogen-bond acceptors (Lipinski definition) is 0. The number of halogens is 2. The van der Waals surface area contributed by atoms with Crippen LogP contribution in [0.2, 0.25) is 5.02 Å². The molecule has 0 aliphatic heterocycles. The van der Waals surface area contributed by atoms with Gasteiger partial charge in [-0.3, -0.25) is 4.39 Å². The molecule has 3 heteroatoms. The molecular formula is C9H10ClFW. The zero-order valence-corrected chi connectivity index (χ0v) is 10.9. The van der Waals surface area contributed by atoms with Crippen LogP contribution in [0.4, 0.5) is 4.39 Å². The predicted molar refractivity (Wildman–Crippen MR) is 46.1 cm³/mol. The molecule has 0 aliphatic rings. The molecule has 0 amide bonds. The molecule has 0 spiro atoms. The van der Waals surface area contributed by atoms with Crippen LogP contribution in [-0.4, -0.2) is 0 Å². The first-order valence-corrected chi connectivity index (χ1v) is 3.33. The first-order chi connectivity index (χ1) is 4.61. The Labute approximate surface area is 92.4 Å². The second-order valence-corrected chi connectivity index (χ2v) is 2.64. The molecular weight excluding hydrogens is 346 g/mol. The minimum atomic E-state index is -0.368. The van der Waals surface area contributed by atoms with E-state index in [2.05, 4.69) is 6.07 Å². The molecule has 1 rings (SSSR count). The Morgan fingerprint density at radius 3 is 2.33 bits per heavy atom. The second-order valence-electron chi connectivity index (χ2n) is 2.26. The van der Waals surface area contributed by atoms with Crippen molar-refractivity contribution in [2.45, 2.75) is 13.8 Å². The molecule has 0 aromatic heterocycles. The van der Waals surface area contributed by atoms with Crippen LogP contribution < -0.4 is 0 Å². The topological polar surface area (TPSA) is 0 Å². The van der Waals surface area contributed by atoms with Crippen LogP contribution in [0.15, 0.2) is 6.07 Å². The van der Waals surface area contributed by atoms with E-state index in [0.717, 1.165) is 5.56 Å². The summed E-state index contributed by atoms with van der Waals surface area (Å²) in [5, 5.41) is 0.0810. The van der Waals surface area contributed by atoms with Crippen molar-refractivity contribution in [3.8, 4) is 0 Å². The van der Waals surface area contributed by atoms with E-state index in [1.54, 1.807) is 13.0 Å². The van der Waals surface area contributed by atoms with Crippen LogP contribution in [0.1, 0.15) is 11.1 Å². The molecule has 0 saturated heterocycles. The van der Waals surface area contributed by atoms with E-state index in [4.69, 9.17) is 11.6 Å². The van der Waals surface area contributed by atoms with E-state index >= 15 is 0 Å². The van der Waals surface area contributed by atoms with Gasteiger partial charge in [-0.25, -0.2) is 0 Å². The zero-order chi connectivity index (χ0) is 7.72. The van der Waals surface area contributed by atoms with Crippen LogP contribution in [0.3, 0.4) is 0 Å². The Morgan fingerprint density at radius 1 is 1.42 bits per heavy atom. The molecule has 0 nitrogen and oxygen atoms in total. The summed E-state index contributed by atoms with van der Waals surface area (Å²) in [6.07, 6.45) is 0. The smallest absolute Gasteiger partial charge is 0.358 e. The van der Waals surface area contributed by atoms with E-state index in [1.807, 2.05) is 6.92 Å². The third-order valence-corrected chi connectivity index (χ3v) is 1.54. The van der Waals surface area contributed by atoms with Gasteiger partial charge in [0.25, 0.3) is 0 Å². The Hall–Kier alpha value is 0.128. The quantitative estimate of drug-likeness (QED) is 0.626. The molecule has 0 radical (unpaired) electrons. The maximum absolute atomic E-state index is 12.7. The van der Waals surface area contributed by atoms with Crippen molar-refractivity contribution in [3.63, 3.8) is 0 Å². The van der Waals surface area contributed by atoms with Gasteiger partial charge in [-0.15, -0.1) is 17.2 Å². The van der Waals surface area contributed by atoms with E-state index in [1.165, 1.54) is 0 Å². The van der Waals surface area contributed by atoms with E-state index in [9.17, 15) is 4.39 Å². The number of hydrogen-bond donors (Lipinski definition) is 0. The SMILES string of the molecule is Cc1[c-]c(Cl)c(F)c(C)c1.[CH3-].[W+2]. The van der Waals surface area contributed by atoms with Gasteiger partial charge in [0.05, 0.1) is 0 Å². The summed E-state index contributed by atoms with van der Waals surface area (Å²) in [6, 6.07) is 4.38. The van der Waals surface area contributed by atoms with Gasteiger partial charge in [-0.2, -0.15) is 17.7 Å². The standard InChI is InChI=1S/C8H7ClF.CH3.W/c1-5-3-6(2)8(10)7(9)4-5;;/h3H,1-2H3;1H3;/q2*-1;+2. The van der Waals surface area contributed by atoms with Crippen molar-refractivity contribution in [3.05, 3.63) is 41.5 Å². The Balaban J connectivity index is 0. The van der Waals surface area contributed by atoms with Crippen LogP contribution in [0.25, 0.3) is 0 Å². The van der Waals surface area contributed by atoms with Crippen molar-refractivity contribution < 1.29 is 25.5 Å². The summed E-state index contributed by atoms with van der Waals surface area (Å²) >= 11 is 5.49. The van der Waals surface area contributed by atoms with Crippen LogP contribution >= 0.6 is 11.6 Å². The van der Waals surface area contributed by atoms with Crippen LogP contribution in [0, 0.1) is 33.2 Å². The molecule has 0 aliphatic carbocycles. The third kappa shape index (κ3) is 3.24. The van der Waals surface area contributed by atoms with Crippen molar-refractivity contribution in [2.75, 3.05) is 0 Å². The molecule has 1 aromatic carbocycles. The molecule has 0 bridgehead atoms. The first-order valence-electron chi connectivity index (χ1n) is 2.96. The Kier molecular flexibility index (Phi) is 6.98. The molecule has 1 aromatic rings. The molecule has 12 heavy (non-hydrogen) atoms. The zero-order valence-electron chi connectivity index (χ0n) is 7.24.